The van der Waals surface area contributed by atoms with E-state index in [1.54, 1.807) is 36.4 Å². The second-order valence-corrected chi connectivity index (χ2v) is 7.72. The lowest BCUT2D eigenvalue weighted by Gasteiger charge is -2.26. The van der Waals surface area contributed by atoms with Gasteiger partial charge >= 0.3 is 6.18 Å². The second-order valence-electron chi connectivity index (χ2n) is 7.72. The third-order valence-corrected chi connectivity index (χ3v) is 5.67. The van der Waals surface area contributed by atoms with Gasteiger partial charge in [0.15, 0.2) is 0 Å². The minimum absolute atomic E-state index is 0.136. The molecule has 3 aromatic carbocycles. The number of ether oxygens (including phenoxy) is 2. The van der Waals surface area contributed by atoms with Crippen LogP contribution in [0.25, 0.3) is 5.76 Å². The lowest BCUT2D eigenvalue weighted by Crippen LogP contribution is -2.29. The van der Waals surface area contributed by atoms with Crippen molar-refractivity contribution >= 4 is 23.1 Å². The van der Waals surface area contributed by atoms with E-state index in [1.165, 1.54) is 32.4 Å². The van der Waals surface area contributed by atoms with Gasteiger partial charge in [-0.1, -0.05) is 18.2 Å². The first-order valence-corrected chi connectivity index (χ1v) is 10.4. The second kappa shape index (κ2) is 9.17. The van der Waals surface area contributed by atoms with Gasteiger partial charge in [-0.05, 0) is 60.2 Å². The van der Waals surface area contributed by atoms with E-state index in [1.807, 2.05) is 0 Å². The molecule has 0 aromatic heterocycles. The Morgan fingerprint density at radius 1 is 0.886 bits per heavy atom. The van der Waals surface area contributed by atoms with E-state index in [-0.39, 0.29) is 16.8 Å². The highest BCUT2D eigenvalue weighted by atomic mass is 19.4. The maximum atomic E-state index is 13.4. The first-order valence-electron chi connectivity index (χ1n) is 10.4. The van der Waals surface area contributed by atoms with Gasteiger partial charge in [0.05, 0.1) is 31.4 Å². The molecule has 1 amide bonds. The highest BCUT2D eigenvalue weighted by Crippen LogP contribution is 2.44. The van der Waals surface area contributed by atoms with Gasteiger partial charge in [-0.25, -0.2) is 0 Å². The van der Waals surface area contributed by atoms with Crippen LogP contribution in [0.3, 0.4) is 0 Å². The van der Waals surface area contributed by atoms with E-state index in [2.05, 4.69) is 0 Å². The summed E-state index contributed by atoms with van der Waals surface area (Å²) in [6.45, 7) is 0. The lowest BCUT2D eigenvalue weighted by atomic mass is 9.95. The van der Waals surface area contributed by atoms with Crippen LogP contribution in [0.4, 0.5) is 18.9 Å². The molecular weight excluding hydrogens is 463 g/mol. The zero-order chi connectivity index (χ0) is 25.3. The lowest BCUT2D eigenvalue weighted by molar-refractivity contribution is -0.137. The number of amides is 1. The van der Waals surface area contributed by atoms with E-state index in [4.69, 9.17) is 9.47 Å². The predicted octanol–water partition coefficient (Wildman–Crippen LogP) is 5.35. The summed E-state index contributed by atoms with van der Waals surface area (Å²) in [6, 6.07) is 15.5. The van der Waals surface area contributed by atoms with E-state index >= 15 is 0 Å². The summed E-state index contributed by atoms with van der Waals surface area (Å²) < 4.78 is 50.5. The monoisotopic (exact) mass is 483 g/mol. The topological polar surface area (TPSA) is 76.1 Å². The van der Waals surface area contributed by atoms with Crippen molar-refractivity contribution in [3.05, 3.63) is 95.1 Å². The average molecular weight is 483 g/mol. The molecule has 3 aromatic rings. The molecule has 6 nitrogen and oxygen atoms in total. The zero-order valence-corrected chi connectivity index (χ0v) is 18.7. The smallest absolute Gasteiger partial charge is 0.416 e. The van der Waals surface area contributed by atoms with Crippen LogP contribution in [0.5, 0.6) is 11.5 Å². The average Bonchev–Trinajstić information content (AvgIpc) is 3.13. The number of anilines is 1. The Morgan fingerprint density at radius 2 is 1.54 bits per heavy atom. The molecule has 0 spiro atoms. The SMILES string of the molecule is COc1ccc(/C(O)=C2\C(=O)C(=O)N(c3cccc(C(F)(F)F)c3)C2c2cccc(OC)c2)cc1. The molecule has 1 heterocycles. The first-order chi connectivity index (χ1) is 16.7. The quantitative estimate of drug-likeness (QED) is 0.301. The molecular formula is C26H20F3NO5. The van der Waals surface area contributed by atoms with Gasteiger partial charge < -0.3 is 14.6 Å². The van der Waals surface area contributed by atoms with E-state index in [0.29, 0.717) is 17.1 Å². The number of Topliss-reactive ketones (excluding diaryl/α,β-unsaturated/α-hetero) is 1. The summed E-state index contributed by atoms with van der Waals surface area (Å²) in [5, 5.41) is 11.1. The van der Waals surface area contributed by atoms with Crippen molar-refractivity contribution < 1.29 is 37.3 Å². The molecule has 1 atom stereocenters. The first kappa shape index (κ1) is 23.9. The molecule has 1 saturated heterocycles. The van der Waals surface area contributed by atoms with Crippen LogP contribution in [-0.4, -0.2) is 31.0 Å². The fraction of sp³-hybridized carbons (Fsp3) is 0.154. The summed E-state index contributed by atoms with van der Waals surface area (Å²) in [5.41, 5.74) is -0.762. The molecule has 0 saturated carbocycles. The molecule has 0 aliphatic carbocycles. The van der Waals surface area contributed by atoms with Crippen LogP contribution in [0.15, 0.2) is 78.4 Å². The Balaban J connectivity index is 1.94. The Bertz CT molecular complexity index is 1320. The summed E-state index contributed by atoms with van der Waals surface area (Å²) in [7, 11) is 2.90. The zero-order valence-electron chi connectivity index (χ0n) is 18.7. The highest BCUT2D eigenvalue weighted by Gasteiger charge is 2.47. The number of methoxy groups -OCH3 is 2. The normalized spacial score (nSPS) is 17.5. The van der Waals surface area contributed by atoms with Crippen molar-refractivity contribution in [3.8, 4) is 11.5 Å². The molecule has 1 aliphatic heterocycles. The molecule has 1 aliphatic rings. The van der Waals surface area contributed by atoms with Gasteiger partial charge in [0.1, 0.15) is 17.3 Å². The number of alkyl halides is 3. The minimum Gasteiger partial charge on any atom is -0.507 e. The Kier molecular flexibility index (Phi) is 6.26. The van der Waals surface area contributed by atoms with Crippen molar-refractivity contribution in [2.75, 3.05) is 19.1 Å². The van der Waals surface area contributed by atoms with Crippen molar-refractivity contribution in [3.63, 3.8) is 0 Å². The number of aliphatic hydroxyl groups is 1. The van der Waals surface area contributed by atoms with Crippen LogP contribution < -0.4 is 14.4 Å². The molecule has 4 rings (SSSR count). The minimum atomic E-state index is -4.65. The van der Waals surface area contributed by atoms with Gasteiger partial charge in [-0.15, -0.1) is 0 Å². The Morgan fingerprint density at radius 3 is 2.17 bits per heavy atom. The maximum Gasteiger partial charge on any atom is 0.416 e. The van der Waals surface area contributed by atoms with Crippen molar-refractivity contribution in [2.45, 2.75) is 12.2 Å². The standard InChI is InChI=1S/C26H20F3NO5/c1-34-19-11-9-15(10-12-19)23(31)21-22(16-5-3-8-20(13-16)35-2)30(25(33)24(21)32)18-7-4-6-17(14-18)26(27,28)29/h3-14,22,31H,1-2H3/b23-21+. The molecule has 1 N–H and O–H groups in total. The molecule has 0 bridgehead atoms. The van der Waals surface area contributed by atoms with Crippen molar-refractivity contribution in [1.82, 2.24) is 0 Å². The summed E-state index contributed by atoms with van der Waals surface area (Å²) in [6.07, 6.45) is -4.65. The van der Waals surface area contributed by atoms with Gasteiger partial charge in [-0.3, -0.25) is 14.5 Å². The number of carbonyl (C=O) groups excluding carboxylic acids is 2. The number of ketones is 1. The van der Waals surface area contributed by atoms with Gasteiger partial charge in [-0.2, -0.15) is 13.2 Å². The molecule has 1 fully saturated rings. The van der Waals surface area contributed by atoms with Crippen LogP contribution in [0.1, 0.15) is 22.7 Å². The van der Waals surface area contributed by atoms with Crippen LogP contribution in [0.2, 0.25) is 0 Å². The predicted molar refractivity (Wildman–Crippen MR) is 122 cm³/mol. The number of rotatable bonds is 5. The molecule has 0 radical (unpaired) electrons. The molecule has 180 valence electrons. The fourth-order valence-corrected chi connectivity index (χ4v) is 3.96. The Hall–Kier alpha value is -4.27. The molecule has 9 heteroatoms. The van der Waals surface area contributed by atoms with Gasteiger partial charge in [0.25, 0.3) is 11.7 Å². The maximum absolute atomic E-state index is 13.4. The summed E-state index contributed by atoms with van der Waals surface area (Å²) >= 11 is 0. The number of carbonyl (C=O) groups is 2. The number of aliphatic hydroxyl groups excluding tert-OH is 1. The van der Waals surface area contributed by atoms with Crippen LogP contribution in [0, 0.1) is 0 Å². The van der Waals surface area contributed by atoms with Gasteiger partial charge in [0, 0.05) is 11.3 Å². The van der Waals surface area contributed by atoms with Crippen LogP contribution in [-0.2, 0) is 15.8 Å². The highest BCUT2D eigenvalue weighted by molar-refractivity contribution is 6.51. The summed E-state index contributed by atoms with van der Waals surface area (Å²) in [4.78, 5) is 27.3. The number of benzene rings is 3. The number of hydrogen-bond acceptors (Lipinski definition) is 5. The Labute approximate surface area is 198 Å². The fourth-order valence-electron chi connectivity index (χ4n) is 3.96. The van der Waals surface area contributed by atoms with Crippen molar-refractivity contribution in [2.24, 2.45) is 0 Å². The molecule has 1 unspecified atom stereocenters. The summed E-state index contributed by atoms with van der Waals surface area (Å²) in [5.74, 6) is -1.64. The number of halogens is 3. The third-order valence-electron chi connectivity index (χ3n) is 5.67. The number of hydrogen-bond donors (Lipinski definition) is 1. The van der Waals surface area contributed by atoms with E-state index < -0.39 is 35.2 Å². The van der Waals surface area contributed by atoms with Crippen LogP contribution >= 0.6 is 0 Å². The van der Waals surface area contributed by atoms with E-state index in [9.17, 15) is 27.9 Å². The third kappa shape index (κ3) is 4.44. The van der Waals surface area contributed by atoms with E-state index in [0.717, 1.165) is 23.1 Å². The molecule has 35 heavy (non-hydrogen) atoms. The van der Waals surface area contributed by atoms with Gasteiger partial charge in [0.2, 0.25) is 0 Å². The number of nitrogens with zero attached hydrogens (tertiary/aromatic N) is 1. The largest absolute Gasteiger partial charge is 0.507 e. The van der Waals surface area contributed by atoms with Crippen molar-refractivity contribution in [1.29, 1.82) is 0 Å².